The van der Waals surface area contributed by atoms with Crippen LogP contribution in [0.1, 0.15) is 43.1 Å². The summed E-state index contributed by atoms with van der Waals surface area (Å²) in [6, 6.07) is 11.7. The van der Waals surface area contributed by atoms with Crippen molar-refractivity contribution in [2.75, 3.05) is 18.5 Å². The highest BCUT2D eigenvalue weighted by Crippen LogP contribution is 2.25. The van der Waals surface area contributed by atoms with Crippen LogP contribution in [0.5, 0.6) is 0 Å². The maximum atomic E-state index is 12.5. The number of hydrogen-bond donors (Lipinski definition) is 2. The summed E-state index contributed by atoms with van der Waals surface area (Å²) in [6.07, 6.45) is -0.132. The van der Waals surface area contributed by atoms with E-state index in [-0.39, 0.29) is 23.4 Å². The van der Waals surface area contributed by atoms with Crippen LogP contribution in [-0.4, -0.2) is 41.9 Å². The Morgan fingerprint density at radius 1 is 1.09 bits per heavy atom. The van der Waals surface area contributed by atoms with Gasteiger partial charge in [0, 0.05) is 17.0 Å². The third kappa shape index (κ3) is 6.48. The first-order valence-corrected chi connectivity index (χ1v) is 11.3. The SMILES string of the molecule is CC(C)(C)c1ccc(C(=O)NN2C[C@H](C(=O)OCC(=O)Nc3ccc(Cl)cc3Cl)CC2=O)cc1. The predicted molar refractivity (Wildman–Crippen MR) is 128 cm³/mol. The van der Waals surface area contributed by atoms with Crippen LogP contribution in [0.4, 0.5) is 5.69 Å². The fourth-order valence-electron chi connectivity index (χ4n) is 3.31. The molecule has 1 aliphatic rings. The van der Waals surface area contributed by atoms with Gasteiger partial charge >= 0.3 is 5.97 Å². The molecule has 2 aromatic rings. The van der Waals surface area contributed by atoms with Gasteiger partial charge in [-0.3, -0.25) is 29.6 Å². The quantitative estimate of drug-likeness (QED) is 0.578. The molecule has 2 N–H and O–H groups in total. The molecule has 8 nitrogen and oxygen atoms in total. The standard InChI is InChI=1S/C24H25Cl2N3O5/c1-24(2,3)16-6-4-14(5-7-16)22(32)28-29-12-15(10-21(29)31)23(33)34-13-20(30)27-19-9-8-17(25)11-18(19)26/h4-9,11,15H,10,12-13H2,1-3H3,(H,27,30)(H,28,32)/t15-/m1/s1. The van der Waals surface area contributed by atoms with Gasteiger partial charge < -0.3 is 10.1 Å². The maximum Gasteiger partial charge on any atom is 0.311 e. The van der Waals surface area contributed by atoms with Gasteiger partial charge in [-0.25, -0.2) is 0 Å². The third-order valence-corrected chi connectivity index (χ3v) is 5.81. The van der Waals surface area contributed by atoms with E-state index in [9.17, 15) is 19.2 Å². The second kappa shape index (κ2) is 10.4. The molecule has 0 aromatic heterocycles. The number of esters is 1. The van der Waals surface area contributed by atoms with E-state index in [0.717, 1.165) is 10.6 Å². The molecule has 0 spiro atoms. The molecule has 10 heteroatoms. The Kier molecular flexibility index (Phi) is 7.84. The Morgan fingerprint density at radius 2 is 1.76 bits per heavy atom. The molecule has 1 aliphatic heterocycles. The number of amides is 3. The number of carbonyl (C=O) groups is 4. The normalized spacial score (nSPS) is 15.7. The number of anilines is 1. The number of nitrogens with one attached hydrogen (secondary N) is 2. The van der Waals surface area contributed by atoms with E-state index in [1.807, 2.05) is 12.1 Å². The average molecular weight is 506 g/mol. The van der Waals surface area contributed by atoms with Crippen molar-refractivity contribution in [3.8, 4) is 0 Å². The zero-order valence-electron chi connectivity index (χ0n) is 19.0. The van der Waals surface area contributed by atoms with Crippen LogP contribution >= 0.6 is 23.2 Å². The first-order chi connectivity index (χ1) is 15.9. The number of nitrogens with zero attached hydrogens (tertiary/aromatic N) is 1. The molecule has 1 atom stereocenters. The van der Waals surface area contributed by atoms with E-state index in [1.165, 1.54) is 12.1 Å². The van der Waals surface area contributed by atoms with E-state index in [1.54, 1.807) is 18.2 Å². The summed E-state index contributed by atoms with van der Waals surface area (Å²) in [5.41, 5.74) is 4.27. The molecule has 34 heavy (non-hydrogen) atoms. The topological polar surface area (TPSA) is 105 Å². The second-order valence-electron chi connectivity index (χ2n) is 8.95. The van der Waals surface area contributed by atoms with Gasteiger partial charge in [0.05, 0.1) is 23.2 Å². The number of benzene rings is 2. The minimum Gasteiger partial charge on any atom is -0.455 e. The lowest BCUT2D eigenvalue weighted by molar-refractivity contribution is -0.151. The Hall–Kier alpha value is -3.10. The zero-order chi connectivity index (χ0) is 25.0. The van der Waals surface area contributed by atoms with Gasteiger partial charge in [0.25, 0.3) is 11.8 Å². The summed E-state index contributed by atoms with van der Waals surface area (Å²) in [5, 5.41) is 4.27. The molecular weight excluding hydrogens is 481 g/mol. The van der Waals surface area contributed by atoms with E-state index in [2.05, 4.69) is 31.5 Å². The molecule has 1 fully saturated rings. The smallest absolute Gasteiger partial charge is 0.311 e. The number of hydrogen-bond acceptors (Lipinski definition) is 5. The lowest BCUT2D eigenvalue weighted by Gasteiger charge is -2.20. The minimum atomic E-state index is -0.803. The number of ether oxygens (including phenoxy) is 1. The summed E-state index contributed by atoms with van der Waals surface area (Å²) in [7, 11) is 0. The summed E-state index contributed by atoms with van der Waals surface area (Å²) in [5.74, 6) is -2.98. The van der Waals surface area contributed by atoms with Gasteiger partial charge in [0.15, 0.2) is 6.61 Å². The molecule has 0 saturated carbocycles. The van der Waals surface area contributed by atoms with Crippen LogP contribution < -0.4 is 10.7 Å². The first-order valence-electron chi connectivity index (χ1n) is 10.6. The highest BCUT2D eigenvalue weighted by atomic mass is 35.5. The maximum absolute atomic E-state index is 12.5. The predicted octanol–water partition coefficient (Wildman–Crippen LogP) is 3.97. The summed E-state index contributed by atoms with van der Waals surface area (Å²) < 4.78 is 5.04. The summed E-state index contributed by atoms with van der Waals surface area (Å²) in [6.45, 7) is 5.62. The van der Waals surface area contributed by atoms with Crippen LogP contribution in [-0.2, 0) is 24.5 Å². The lowest BCUT2D eigenvalue weighted by Crippen LogP contribution is -2.43. The molecule has 0 unspecified atom stereocenters. The van der Waals surface area contributed by atoms with Crippen molar-refractivity contribution >= 4 is 52.6 Å². The Morgan fingerprint density at radius 3 is 2.38 bits per heavy atom. The minimum absolute atomic E-state index is 0.0475. The lowest BCUT2D eigenvalue weighted by atomic mass is 9.87. The van der Waals surface area contributed by atoms with Crippen molar-refractivity contribution in [3.05, 3.63) is 63.6 Å². The molecule has 0 bridgehead atoms. The fourth-order valence-corrected chi connectivity index (χ4v) is 3.77. The number of hydrazine groups is 1. The number of carbonyl (C=O) groups excluding carboxylic acids is 4. The van der Waals surface area contributed by atoms with Crippen molar-refractivity contribution < 1.29 is 23.9 Å². The zero-order valence-corrected chi connectivity index (χ0v) is 20.5. The van der Waals surface area contributed by atoms with Crippen LogP contribution in [0, 0.1) is 5.92 Å². The number of halogens is 2. The van der Waals surface area contributed by atoms with Crippen LogP contribution in [0.25, 0.3) is 0 Å². The molecular formula is C24H25Cl2N3O5. The van der Waals surface area contributed by atoms with Crippen LogP contribution in [0.2, 0.25) is 10.0 Å². The van der Waals surface area contributed by atoms with Crippen molar-refractivity contribution in [3.63, 3.8) is 0 Å². The van der Waals surface area contributed by atoms with Crippen molar-refractivity contribution in [2.24, 2.45) is 5.92 Å². The van der Waals surface area contributed by atoms with Gasteiger partial charge in [-0.1, -0.05) is 56.1 Å². The molecule has 3 rings (SSSR count). The van der Waals surface area contributed by atoms with Crippen molar-refractivity contribution in [2.45, 2.75) is 32.6 Å². The molecule has 1 heterocycles. The summed E-state index contributed by atoms with van der Waals surface area (Å²) >= 11 is 11.8. The van der Waals surface area contributed by atoms with Crippen LogP contribution in [0.15, 0.2) is 42.5 Å². The van der Waals surface area contributed by atoms with Gasteiger partial charge in [-0.15, -0.1) is 0 Å². The summed E-state index contributed by atoms with van der Waals surface area (Å²) in [4.78, 5) is 49.2. The van der Waals surface area contributed by atoms with E-state index >= 15 is 0 Å². The number of rotatable bonds is 6. The largest absolute Gasteiger partial charge is 0.455 e. The molecule has 180 valence electrons. The highest BCUT2D eigenvalue weighted by molar-refractivity contribution is 6.36. The third-order valence-electron chi connectivity index (χ3n) is 5.26. The van der Waals surface area contributed by atoms with Crippen molar-refractivity contribution in [1.82, 2.24) is 10.4 Å². The van der Waals surface area contributed by atoms with Gasteiger partial charge in [-0.2, -0.15) is 0 Å². The van der Waals surface area contributed by atoms with Crippen molar-refractivity contribution in [1.29, 1.82) is 0 Å². The van der Waals surface area contributed by atoms with E-state index < -0.39 is 36.2 Å². The van der Waals surface area contributed by atoms with Gasteiger partial charge in [0.1, 0.15) is 0 Å². The monoisotopic (exact) mass is 505 g/mol. The Labute approximate surface area is 207 Å². The van der Waals surface area contributed by atoms with Gasteiger partial charge in [0.2, 0.25) is 5.91 Å². The fraction of sp³-hybridized carbons (Fsp3) is 0.333. The molecule has 2 aromatic carbocycles. The molecule has 0 radical (unpaired) electrons. The molecule has 0 aliphatic carbocycles. The Bertz CT molecular complexity index is 1110. The highest BCUT2D eigenvalue weighted by Gasteiger charge is 2.36. The van der Waals surface area contributed by atoms with E-state index in [0.29, 0.717) is 16.3 Å². The second-order valence-corrected chi connectivity index (χ2v) is 9.80. The molecule has 3 amide bonds. The van der Waals surface area contributed by atoms with E-state index in [4.69, 9.17) is 27.9 Å². The Balaban J connectivity index is 1.50. The molecule has 1 saturated heterocycles. The average Bonchev–Trinajstić information content (AvgIpc) is 3.13. The van der Waals surface area contributed by atoms with Gasteiger partial charge in [-0.05, 0) is 41.3 Å². The van der Waals surface area contributed by atoms with Crippen LogP contribution in [0.3, 0.4) is 0 Å². The first kappa shape index (κ1) is 25.5.